The molecule has 5 rings (SSSR count). The van der Waals surface area contributed by atoms with Crippen LogP contribution in [0, 0.1) is 0 Å². The molecular formula is C25H33N3O2S. The van der Waals surface area contributed by atoms with Gasteiger partial charge in [-0.1, -0.05) is 24.3 Å². The Hall–Kier alpha value is -1.92. The molecule has 3 heterocycles. The van der Waals surface area contributed by atoms with E-state index in [2.05, 4.69) is 34.9 Å². The lowest BCUT2D eigenvalue weighted by Crippen LogP contribution is -2.53. The number of benzene rings is 1. The van der Waals surface area contributed by atoms with Crippen molar-refractivity contribution in [3.05, 3.63) is 59.5 Å². The highest BCUT2D eigenvalue weighted by atomic mass is 32.2. The van der Waals surface area contributed by atoms with Crippen molar-refractivity contribution in [1.29, 1.82) is 0 Å². The molecule has 1 aromatic carbocycles. The fourth-order valence-corrected chi connectivity index (χ4v) is 6.47. The van der Waals surface area contributed by atoms with Gasteiger partial charge in [0.2, 0.25) is 0 Å². The van der Waals surface area contributed by atoms with Crippen LogP contribution in [-0.2, 0) is 24.0 Å². The normalized spacial score (nSPS) is 28.5. The van der Waals surface area contributed by atoms with Crippen molar-refractivity contribution >= 4 is 17.7 Å². The third-order valence-corrected chi connectivity index (χ3v) is 8.02. The summed E-state index contributed by atoms with van der Waals surface area (Å²) >= 11 is 2.03. The molecule has 6 heteroatoms. The van der Waals surface area contributed by atoms with Gasteiger partial charge in [-0.3, -0.25) is 4.99 Å². The number of hydrogen-bond acceptors (Lipinski definition) is 4. The number of rotatable bonds is 5. The minimum absolute atomic E-state index is 0.0731. The van der Waals surface area contributed by atoms with Gasteiger partial charge in [-0.15, -0.1) is 0 Å². The van der Waals surface area contributed by atoms with Crippen LogP contribution in [0.25, 0.3) is 0 Å². The molecule has 31 heavy (non-hydrogen) atoms. The number of fused-ring (bicyclic) bond motifs is 1. The van der Waals surface area contributed by atoms with Crippen molar-refractivity contribution in [3.63, 3.8) is 0 Å². The third kappa shape index (κ3) is 5.29. The van der Waals surface area contributed by atoms with E-state index in [0.717, 1.165) is 69.1 Å². The second-order valence-electron chi connectivity index (χ2n) is 9.08. The smallest absolute Gasteiger partial charge is 0.191 e. The van der Waals surface area contributed by atoms with Gasteiger partial charge in [-0.2, -0.15) is 11.8 Å². The summed E-state index contributed by atoms with van der Waals surface area (Å²) in [5.74, 6) is 4.28. The first-order valence-corrected chi connectivity index (χ1v) is 12.8. The number of furan rings is 1. The van der Waals surface area contributed by atoms with Crippen LogP contribution in [0.5, 0.6) is 0 Å². The highest BCUT2D eigenvalue weighted by molar-refractivity contribution is 7.99. The lowest BCUT2D eigenvalue weighted by molar-refractivity contribution is -0.0679. The Labute approximate surface area is 189 Å². The second-order valence-corrected chi connectivity index (χ2v) is 10.2. The van der Waals surface area contributed by atoms with Crippen LogP contribution in [0.1, 0.15) is 42.6 Å². The van der Waals surface area contributed by atoms with Crippen LogP contribution in [-0.4, -0.2) is 48.3 Å². The SMILES string of the molecule is c1coc(CCN=C(NC2CCc3ccccc3C2)NC2CCOC3(CCSC3)C2)c1. The number of nitrogens with zero attached hydrogens (tertiary/aromatic N) is 1. The second kappa shape index (κ2) is 9.70. The average Bonchev–Trinajstić information content (AvgIpc) is 3.46. The van der Waals surface area contributed by atoms with E-state index in [1.54, 1.807) is 6.26 Å². The lowest BCUT2D eigenvalue weighted by Gasteiger charge is -2.39. The first-order valence-electron chi connectivity index (χ1n) is 11.7. The van der Waals surface area contributed by atoms with Crippen molar-refractivity contribution in [3.8, 4) is 0 Å². The van der Waals surface area contributed by atoms with Gasteiger partial charge in [-0.05, 0) is 67.5 Å². The van der Waals surface area contributed by atoms with Gasteiger partial charge >= 0.3 is 0 Å². The molecular weight excluding hydrogens is 406 g/mol. The van der Waals surface area contributed by atoms with Gasteiger partial charge in [0.05, 0.1) is 11.9 Å². The summed E-state index contributed by atoms with van der Waals surface area (Å²) < 4.78 is 11.7. The van der Waals surface area contributed by atoms with E-state index in [4.69, 9.17) is 14.1 Å². The van der Waals surface area contributed by atoms with E-state index in [-0.39, 0.29) is 5.60 Å². The van der Waals surface area contributed by atoms with E-state index in [1.807, 2.05) is 23.9 Å². The fraction of sp³-hybridized carbons (Fsp3) is 0.560. The van der Waals surface area contributed by atoms with Crippen LogP contribution >= 0.6 is 11.8 Å². The maximum absolute atomic E-state index is 6.22. The predicted molar refractivity (Wildman–Crippen MR) is 127 cm³/mol. The monoisotopic (exact) mass is 439 g/mol. The molecule has 166 valence electrons. The van der Waals surface area contributed by atoms with E-state index in [1.165, 1.54) is 23.3 Å². The molecule has 0 saturated carbocycles. The summed E-state index contributed by atoms with van der Waals surface area (Å²) in [5.41, 5.74) is 3.04. The zero-order valence-electron chi connectivity index (χ0n) is 18.1. The number of hydrogen-bond donors (Lipinski definition) is 2. The first kappa shape index (κ1) is 21.0. The minimum atomic E-state index is 0.0731. The van der Waals surface area contributed by atoms with E-state index in [9.17, 15) is 0 Å². The van der Waals surface area contributed by atoms with Crippen molar-refractivity contribution in [2.45, 2.75) is 62.6 Å². The van der Waals surface area contributed by atoms with Gasteiger partial charge in [-0.25, -0.2) is 0 Å². The molecule has 1 aromatic heterocycles. The molecule has 3 atom stereocenters. The largest absolute Gasteiger partial charge is 0.469 e. The highest BCUT2D eigenvalue weighted by Crippen LogP contribution is 2.38. The van der Waals surface area contributed by atoms with Gasteiger partial charge in [0, 0.05) is 37.4 Å². The highest BCUT2D eigenvalue weighted by Gasteiger charge is 2.40. The number of aliphatic imine (C=N–C) groups is 1. The molecule has 0 bridgehead atoms. The van der Waals surface area contributed by atoms with Gasteiger partial charge < -0.3 is 19.8 Å². The maximum Gasteiger partial charge on any atom is 0.191 e. The molecule has 0 amide bonds. The molecule has 2 saturated heterocycles. The van der Waals surface area contributed by atoms with Crippen molar-refractivity contribution in [2.75, 3.05) is 24.7 Å². The maximum atomic E-state index is 6.22. The Balaban J connectivity index is 1.25. The number of ether oxygens (including phenoxy) is 1. The molecule has 2 aliphatic heterocycles. The van der Waals surface area contributed by atoms with Crippen LogP contribution in [0.4, 0.5) is 0 Å². The predicted octanol–water partition coefficient (Wildman–Crippen LogP) is 3.97. The zero-order valence-corrected chi connectivity index (χ0v) is 19.0. The minimum Gasteiger partial charge on any atom is -0.469 e. The Morgan fingerprint density at radius 3 is 2.84 bits per heavy atom. The Kier molecular flexibility index (Phi) is 6.55. The summed E-state index contributed by atoms with van der Waals surface area (Å²) in [4.78, 5) is 4.95. The summed E-state index contributed by atoms with van der Waals surface area (Å²) in [6.45, 7) is 1.56. The van der Waals surface area contributed by atoms with Crippen LogP contribution in [0.2, 0.25) is 0 Å². The number of thioether (sulfide) groups is 1. The number of nitrogens with one attached hydrogen (secondary N) is 2. The Bertz CT molecular complexity index is 877. The van der Waals surface area contributed by atoms with E-state index < -0.39 is 0 Å². The molecule has 1 spiro atoms. The van der Waals surface area contributed by atoms with Gasteiger partial charge in [0.15, 0.2) is 5.96 Å². The molecule has 2 aromatic rings. The standard InChI is InChI=1S/C25H33N3O2S/c1-2-5-20-16-21(8-7-19(20)4-1)27-24(26-12-9-23-6-3-13-29-23)28-22-10-14-30-25(17-22)11-15-31-18-25/h1-6,13,21-22H,7-12,14-18H2,(H2,26,27,28). The van der Waals surface area contributed by atoms with E-state index in [0.29, 0.717) is 12.1 Å². The van der Waals surface area contributed by atoms with Gasteiger partial charge in [0.1, 0.15) is 5.76 Å². The van der Waals surface area contributed by atoms with Crippen molar-refractivity contribution in [2.24, 2.45) is 4.99 Å². The van der Waals surface area contributed by atoms with Gasteiger partial charge in [0.25, 0.3) is 0 Å². The molecule has 2 N–H and O–H groups in total. The quantitative estimate of drug-likeness (QED) is 0.545. The van der Waals surface area contributed by atoms with Crippen LogP contribution < -0.4 is 10.6 Å². The molecule has 0 radical (unpaired) electrons. The Morgan fingerprint density at radius 1 is 1.10 bits per heavy atom. The third-order valence-electron chi connectivity index (χ3n) is 6.80. The first-order chi connectivity index (χ1) is 15.3. The molecule has 1 aliphatic carbocycles. The van der Waals surface area contributed by atoms with Crippen LogP contribution in [0.3, 0.4) is 0 Å². The molecule has 2 fully saturated rings. The fourth-order valence-electron chi connectivity index (χ4n) is 5.09. The Morgan fingerprint density at radius 2 is 2.00 bits per heavy atom. The number of guanidine groups is 1. The van der Waals surface area contributed by atoms with Crippen molar-refractivity contribution < 1.29 is 9.15 Å². The molecule has 3 aliphatic rings. The topological polar surface area (TPSA) is 58.8 Å². The molecule has 5 nitrogen and oxygen atoms in total. The lowest BCUT2D eigenvalue weighted by atomic mass is 9.88. The summed E-state index contributed by atoms with van der Waals surface area (Å²) in [5, 5.41) is 7.54. The molecule has 3 unspecified atom stereocenters. The summed E-state index contributed by atoms with van der Waals surface area (Å²) in [6, 6.07) is 13.6. The summed E-state index contributed by atoms with van der Waals surface area (Å²) in [7, 11) is 0. The van der Waals surface area contributed by atoms with Crippen molar-refractivity contribution in [1.82, 2.24) is 10.6 Å². The average molecular weight is 440 g/mol. The summed E-state index contributed by atoms with van der Waals surface area (Å²) in [6.07, 6.45) is 9.18. The number of aryl methyl sites for hydroxylation is 1. The van der Waals surface area contributed by atoms with E-state index >= 15 is 0 Å². The zero-order chi connectivity index (χ0) is 20.9. The van der Waals surface area contributed by atoms with Crippen LogP contribution in [0.15, 0.2) is 52.1 Å².